The molecule has 0 aromatic heterocycles. The standard InChI is InChI=1S/C22H24Cl4N2O2S/c1-3-20(22(30)27-4-2)28(11-14-5-8-17(24)19(26)9-14)21(29)13-31-12-15-6-7-16(23)10-18(15)25/h5-10,20H,3-4,11-13H2,1-2H3,(H,27,30)/t20-/m0/s1. The number of carbonyl (C=O) groups is 2. The Morgan fingerprint density at radius 2 is 1.74 bits per heavy atom. The smallest absolute Gasteiger partial charge is 0.242 e. The molecule has 2 aromatic carbocycles. The van der Waals surface area contributed by atoms with Gasteiger partial charge in [0.05, 0.1) is 15.8 Å². The third-order valence-corrected chi connectivity index (χ3v) is 6.86. The van der Waals surface area contributed by atoms with Gasteiger partial charge in [0.1, 0.15) is 6.04 Å². The number of nitrogens with one attached hydrogen (secondary N) is 1. The molecule has 1 atom stereocenters. The maximum atomic E-state index is 13.1. The van der Waals surface area contributed by atoms with Crippen LogP contribution in [-0.2, 0) is 21.9 Å². The van der Waals surface area contributed by atoms with Crippen LogP contribution in [0.1, 0.15) is 31.4 Å². The van der Waals surface area contributed by atoms with Crippen LogP contribution in [0.15, 0.2) is 36.4 Å². The van der Waals surface area contributed by atoms with Gasteiger partial charge in [-0.05, 0) is 48.7 Å². The highest BCUT2D eigenvalue weighted by Crippen LogP contribution is 2.26. The van der Waals surface area contributed by atoms with Gasteiger partial charge in [-0.25, -0.2) is 0 Å². The fourth-order valence-corrected chi connectivity index (χ4v) is 4.81. The molecule has 0 spiro atoms. The van der Waals surface area contributed by atoms with Crippen LogP contribution in [0.4, 0.5) is 0 Å². The van der Waals surface area contributed by atoms with Crippen molar-refractivity contribution in [1.82, 2.24) is 10.2 Å². The second-order valence-electron chi connectivity index (χ2n) is 6.82. The molecule has 0 heterocycles. The summed E-state index contributed by atoms with van der Waals surface area (Å²) in [6.07, 6.45) is 0.493. The number of hydrogen-bond acceptors (Lipinski definition) is 3. The predicted octanol–water partition coefficient (Wildman–Crippen LogP) is 6.48. The minimum atomic E-state index is -0.582. The van der Waals surface area contributed by atoms with Gasteiger partial charge in [0.25, 0.3) is 0 Å². The quantitative estimate of drug-likeness (QED) is 0.389. The summed E-state index contributed by atoms with van der Waals surface area (Å²) in [6.45, 7) is 4.48. The zero-order valence-electron chi connectivity index (χ0n) is 17.3. The first-order valence-electron chi connectivity index (χ1n) is 9.79. The second-order valence-corrected chi connectivity index (χ2v) is 9.46. The highest BCUT2D eigenvalue weighted by Gasteiger charge is 2.28. The fourth-order valence-electron chi connectivity index (χ4n) is 3.02. The van der Waals surface area contributed by atoms with Crippen molar-refractivity contribution in [3.8, 4) is 0 Å². The van der Waals surface area contributed by atoms with E-state index in [1.807, 2.05) is 19.9 Å². The van der Waals surface area contributed by atoms with Gasteiger partial charge >= 0.3 is 0 Å². The average molecular weight is 522 g/mol. The Morgan fingerprint density at radius 1 is 1.00 bits per heavy atom. The number of halogens is 4. The number of rotatable bonds is 10. The van der Waals surface area contributed by atoms with Crippen molar-refractivity contribution in [2.24, 2.45) is 0 Å². The Balaban J connectivity index is 2.15. The van der Waals surface area contributed by atoms with E-state index in [1.165, 1.54) is 11.8 Å². The van der Waals surface area contributed by atoms with Crippen molar-refractivity contribution in [1.29, 1.82) is 0 Å². The highest BCUT2D eigenvalue weighted by molar-refractivity contribution is 7.99. The molecule has 2 aromatic rings. The molecule has 0 aliphatic carbocycles. The van der Waals surface area contributed by atoms with Gasteiger partial charge in [-0.3, -0.25) is 9.59 Å². The molecule has 4 nitrogen and oxygen atoms in total. The normalized spacial score (nSPS) is 11.8. The van der Waals surface area contributed by atoms with E-state index >= 15 is 0 Å². The minimum Gasteiger partial charge on any atom is -0.355 e. The van der Waals surface area contributed by atoms with Crippen molar-refractivity contribution in [3.63, 3.8) is 0 Å². The van der Waals surface area contributed by atoms with E-state index in [4.69, 9.17) is 46.4 Å². The lowest BCUT2D eigenvalue weighted by molar-refractivity contribution is -0.139. The summed E-state index contributed by atoms with van der Waals surface area (Å²) < 4.78 is 0. The molecule has 0 saturated carbocycles. The first kappa shape index (κ1) is 26.1. The van der Waals surface area contributed by atoms with Crippen LogP contribution in [0.3, 0.4) is 0 Å². The second kappa shape index (κ2) is 12.8. The van der Waals surface area contributed by atoms with Crippen LogP contribution in [0.5, 0.6) is 0 Å². The lowest BCUT2D eigenvalue weighted by atomic mass is 10.1. The van der Waals surface area contributed by atoms with Gasteiger partial charge in [0.15, 0.2) is 0 Å². The molecule has 0 radical (unpaired) electrons. The third kappa shape index (κ3) is 7.76. The SMILES string of the molecule is CCNC(=O)[C@H](CC)N(Cc1ccc(Cl)c(Cl)c1)C(=O)CSCc1ccc(Cl)cc1Cl. The maximum absolute atomic E-state index is 13.1. The Morgan fingerprint density at radius 3 is 2.35 bits per heavy atom. The maximum Gasteiger partial charge on any atom is 0.242 e. The zero-order valence-corrected chi connectivity index (χ0v) is 21.1. The van der Waals surface area contributed by atoms with E-state index < -0.39 is 6.04 Å². The van der Waals surface area contributed by atoms with Crippen LogP contribution in [0.25, 0.3) is 0 Å². The van der Waals surface area contributed by atoms with Gasteiger partial charge in [0.2, 0.25) is 11.8 Å². The highest BCUT2D eigenvalue weighted by atomic mass is 35.5. The monoisotopic (exact) mass is 520 g/mol. The van der Waals surface area contributed by atoms with Gasteiger partial charge in [-0.15, -0.1) is 11.8 Å². The molecule has 0 bridgehead atoms. The number of amides is 2. The van der Waals surface area contributed by atoms with Gasteiger partial charge < -0.3 is 10.2 Å². The van der Waals surface area contributed by atoms with Crippen molar-refractivity contribution in [2.75, 3.05) is 12.3 Å². The van der Waals surface area contributed by atoms with Crippen LogP contribution >= 0.6 is 58.2 Å². The summed E-state index contributed by atoms with van der Waals surface area (Å²) in [5.74, 6) is 0.444. The fraction of sp³-hybridized carbons (Fsp3) is 0.364. The molecule has 0 aliphatic rings. The van der Waals surface area contributed by atoms with Crippen LogP contribution in [-0.4, -0.2) is 35.1 Å². The Bertz CT molecular complexity index is 926. The number of benzene rings is 2. The lowest BCUT2D eigenvalue weighted by Gasteiger charge is -2.30. The number of carbonyl (C=O) groups excluding carboxylic acids is 2. The Labute approximate surface area is 207 Å². The van der Waals surface area contributed by atoms with Crippen molar-refractivity contribution in [2.45, 2.75) is 38.6 Å². The predicted molar refractivity (Wildman–Crippen MR) is 132 cm³/mol. The number of hydrogen-bond donors (Lipinski definition) is 1. The summed E-state index contributed by atoms with van der Waals surface area (Å²) in [5.41, 5.74) is 1.70. The first-order chi connectivity index (χ1) is 14.8. The summed E-state index contributed by atoms with van der Waals surface area (Å²) in [7, 11) is 0. The van der Waals surface area contributed by atoms with E-state index in [9.17, 15) is 9.59 Å². The first-order valence-corrected chi connectivity index (χ1v) is 12.5. The molecule has 31 heavy (non-hydrogen) atoms. The van der Waals surface area contributed by atoms with E-state index in [2.05, 4.69) is 5.32 Å². The molecule has 2 amide bonds. The summed E-state index contributed by atoms with van der Waals surface area (Å²) in [4.78, 5) is 27.4. The Hall–Kier alpha value is -1.11. The number of likely N-dealkylation sites (N-methyl/N-ethyl adjacent to an activating group) is 1. The molecule has 0 unspecified atom stereocenters. The Kier molecular flexibility index (Phi) is 10.8. The van der Waals surface area contributed by atoms with Crippen molar-refractivity contribution in [3.05, 3.63) is 67.6 Å². The zero-order chi connectivity index (χ0) is 23.0. The van der Waals surface area contributed by atoms with E-state index in [1.54, 1.807) is 35.2 Å². The van der Waals surface area contributed by atoms with E-state index in [0.717, 1.165) is 11.1 Å². The van der Waals surface area contributed by atoms with Crippen molar-refractivity contribution < 1.29 is 9.59 Å². The topological polar surface area (TPSA) is 49.4 Å². The van der Waals surface area contributed by atoms with Crippen LogP contribution < -0.4 is 5.32 Å². The van der Waals surface area contributed by atoms with Gasteiger partial charge in [0, 0.05) is 28.9 Å². The molecule has 1 N–H and O–H groups in total. The van der Waals surface area contributed by atoms with Crippen molar-refractivity contribution >= 4 is 70.0 Å². The minimum absolute atomic E-state index is 0.140. The summed E-state index contributed by atoms with van der Waals surface area (Å²) >= 11 is 25.7. The number of nitrogens with zero attached hydrogens (tertiary/aromatic N) is 1. The molecule has 0 fully saturated rings. The van der Waals surface area contributed by atoms with Crippen LogP contribution in [0, 0.1) is 0 Å². The molecular formula is C22H24Cl4N2O2S. The van der Waals surface area contributed by atoms with Gasteiger partial charge in [-0.2, -0.15) is 0 Å². The summed E-state index contributed by atoms with van der Waals surface area (Å²) in [5, 5.41) is 4.79. The largest absolute Gasteiger partial charge is 0.355 e. The van der Waals surface area contributed by atoms with E-state index in [-0.39, 0.29) is 24.1 Å². The lowest BCUT2D eigenvalue weighted by Crippen LogP contribution is -2.49. The number of thioether (sulfide) groups is 1. The molecule has 0 aliphatic heterocycles. The van der Waals surface area contributed by atoms with Crippen LogP contribution in [0.2, 0.25) is 20.1 Å². The molecule has 2 rings (SSSR count). The summed E-state index contributed by atoms with van der Waals surface area (Å²) in [6, 6.07) is 9.92. The molecule has 0 saturated heterocycles. The molecule has 9 heteroatoms. The van der Waals surface area contributed by atoms with Gasteiger partial charge in [-0.1, -0.05) is 65.5 Å². The third-order valence-electron chi connectivity index (χ3n) is 4.57. The molecular weight excluding hydrogens is 498 g/mol. The molecule has 168 valence electrons. The average Bonchev–Trinajstić information content (AvgIpc) is 2.72. The van der Waals surface area contributed by atoms with E-state index in [0.29, 0.717) is 38.8 Å².